The number of anilines is 1. The van der Waals surface area contributed by atoms with Crippen LogP contribution in [0.4, 0.5) is 5.13 Å². The number of likely N-dealkylation sites (N-methyl/N-ethyl adjacent to an activating group) is 1. The summed E-state index contributed by atoms with van der Waals surface area (Å²) in [6.07, 6.45) is 2.16. The van der Waals surface area contributed by atoms with Crippen molar-refractivity contribution in [1.82, 2.24) is 9.88 Å². The van der Waals surface area contributed by atoms with Crippen molar-refractivity contribution >= 4 is 64.7 Å². The molecule has 3 aromatic rings. The van der Waals surface area contributed by atoms with E-state index in [9.17, 15) is 21.6 Å². The first-order valence-corrected chi connectivity index (χ1v) is 13.8. The van der Waals surface area contributed by atoms with Gasteiger partial charge in [0.25, 0.3) is 5.91 Å². The van der Waals surface area contributed by atoms with Crippen molar-refractivity contribution in [3.05, 3.63) is 48.0 Å². The highest BCUT2D eigenvalue weighted by atomic mass is 35.5. The summed E-state index contributed by atoms with van der Waals surface area (Å²) in [6.45, 7) is 0.750. The van der Waals surface area contributed by atoms with Crippen LogP contribution >= 0.6 is 23.7 Å². The Morgan fingerprint density at radius 1 is 0.906 bits per heavy atom. The van der Waals surface area contributed by atoms with Crippen LogP contribution in [-0.2, 0) is 19.7 Å². The van der Waals surface area contributed by atoms with E-state index in [1.807, 2.05) is 19.0 Å². The van der Waals surface area contributed by atoms with Gasteiger partial charge in [0.15, 0.2) is 24.8 Å². The largest absolute Gasteiger partial charge is 0.308 e. The zero-order valence-corrected chi connectivity index (χ0v) is 21.2. The van der Waals surface area contributed by atoms with Crippen LogP contribution < -0.4 is 4.90 Å². The van der Waals surface area contributed by atoms with Gasteiger partial charge >= 0.3 is 0 Å². The van der Waals surface area contributed by atoms with Crippen LogP contribution in [0.3, 0.4) is 0 Å². The van der Waals surface area contributed by atoms with Gasteiger partial charge in [-0.2, -0.15) is 0 Å². The zero-order chi connectivity index (χ0) is 23.0. The quantitative estimate of drug-likeness (QED) is 0.474. The molecule has 3 rings (SSSR count). The molecule has 32 heavy (non-hydrogen) atoms. The van der Waals surface area contributed by atoms with Crippen molar-refractivity contribution in [2.75, 3.05) is 44.6 Å². The Morgan fingerprint density at radius 2 is 1.50 bits per heavy atom. The van der Waals surface area contributed by atoms with Gasteiger partial charge in [-0.1, -0.05) is 29.5 Å². The fourth-order valence-corrected chi connectivity index (χ4v) is 5.82. The van der Waals surface area contributed by atoms with Gasteiger partial charge in [-0.15, -0.1) is 12.4 Å². The molecule has 1 amide bonds. The first kappa shape index (κ1) is 26.2. The maximum atomic E-state index is 13.5. The van der Waals surface area contributed by atoms with Crippen LogP contribution in [0, 0.1) is 0 Å². The number of hydrogen-bond donors (Lipinski definition) is 0. The summed E-state index contributed by atoms with van der Waals surface area (Å²) in [6, 6.07) is 10.9. The minimum atomic E-state index is -3.63. The Morgan fingerprint density at radius 3 is 2.09 bits per heavy atom. The lowest BCUT2D eigenvalue weighted by atomic mass is 10.2. The molecule has 0 spiro atoms. The molecule has 0 saturated carbocycles. The molecular weight excluding hydrogens is 494 g/mol. The summed E-state index contributed by atoms with van der Waals surface area (Å²) >= 11 is 1.19. The van der Waals surface area contributed by atoms with Crippen LogP contribution in [0.15, 0.2) is 52.3 Å². The number of nitrogens with zero attached hydrogens (tertiary/aromatic N) is 3. The topological polar surface area (TPSA) is 105 Å². The predicted octanol–water partition coefficient (Wildman–Crippen LogP) is 2.73. The standard InChI is InChI=1S/C20H23N3O5S3.ClH/c1-22(2)12-13-23(19(24)14-8-5-6-10-16(14)30(3,25)26)20-21-18-15(29-20)9-7-11-17(18)31(4,27)28;/h5-11H,12-13H2,1-4H3;1H. The van der Waals surface area contributed by atoms with Crippen LogP contribution in [0.2, 0.25) is 0 Å². The van der Waals surface area contributed by atoms with Gasteiger partial charge in [0, 0.05) is 25.6 Å². The number of para-hydroxylation sites is 1. The average molecular weight is 518 g/mol. The van der Waals surface area contributed by atoms with E-state index in [0.717, 1.165) is 12.5 Å². The van der Waals surface area contributed by atoms with Crippen LogP contribution in [0.25, 0.3) is 10.2 Å². The normalized spacial score (nSPS) is 12.0. The van der Waals surface area contributed by atoms with Gasteiger partial charge in [-0.3, -0.25) is 9.69 Å². The number of benzene rings is 2. The second kappa shape index (κ2) is 9.84. The van der Waals surface area contributed by atoms with Crippen LogP contribution in [-0.4, -0.2) is 72.3 Å². The molecule has 0 atom stereocenters. The Labute approximate surface area is 198 Å². The number of hydrogen-bond acceptors (Lipinski definition) is 8. The number of amides is 1. The van der Waals surface area contributed by atoms with E-state index >= 15 is 0 Å². The molecule has 0 N–H and O–H groups in total. The highest BCUT2D eigenvalue weighted by molar-refractivity contribution is 7.91. The number of sulfone groups is 2. The number of thiazole rings is 1. The first-order valence-electron chi connectivity index (χ1n) is 9.25. The summed E-state index contributed by atoms with van der Waals surface area (Å²) in [4.78, 5) is 21.3. The van der Waals surface area contributed by atoms with Crippen molar-refractivity contribution in [3.8, 4) is 0 Å². The van der Waals surface area contributed by atoms with E-state index in [1.54, 1.807) is 24.3 Å². The molecule has 0 radical (unpaired) electrons. The molecule has 0 saturated heterocycles. The summed E-state index contributed by atoms with van der Waals surface area (Å²) in [5, 5.41) is 0.307. The van der Waals surface area contributed by atoms with Crippen molar-refractivity contribution < 1.29 is 21.6 Å². The van der Waals surface area contributed by atoms with Crippen LogP contribution in [0.5, 0.6) is 0 Å². The molecular formula is C20H24ClN3O5S3. The summed E-state index contributed by atoms with van der Waals surface area (Å²) in [7, 11) is -3.43. The Hall–Kier alpha value is -2.05. The minimum absolute atomic E-state index is 0. The number of halogens is 1. The second-order valence-corrected chi connectivity index (χ2v) is 12.4. The molecule has 174 valence electrons. The summed E-state index contributed by atoms with van der Waals surface area (Å²) in [5.41, 5.74) is 0.343. The molecule has 1 heterocycles. The number of carbonyl (C=O) groups is 1. The summed E-state index contributed by atoms with van der Waals surface area (Å²) in [5.74, 6) is -0.511. The maximum Gasteiger partial charge on any atom is 0.261 e. The highest BCUT2D eigenvalue weighted by Gasteiger charge is 2.27. The van der Waals surface area contributed by atoms with E-state index in [2.05, 4.69) is 4.98 Å². The predicted molar refractivity (Wildman–Crippen MR) is 130 cm³/mol. The molecule has 0 unspecified atom stereocenters. The lowest BCUT2D eigenvalue weighted by molar-refractivity contribution is 0.0982. The number of rotatable bonds is 7. The molecule has 2 aromatic carbocycles. The zero-order valence-electron chi connectivity index (χ0n) is 18.0. The monoisotopic (exact) mass is 517 g/mol. The van der Waals surface area contributed by atoms with Gasteiger partial charge in [-0.05, 0) is 38.4 Å². The summed E-state index contributed by atoms with van der Waals surface area (Å²) < 4.78 is 49.4. The molecule has 0 fully saturated rings. The Bertz CT molecular complexity index is 1350. The SMILES string of the molecule is CN(C)CCN(C(=O)c1ccccc1S(C)(=O)=O)c1nc2c(S(C)(=O)=O)cccc2s1.Cl. The van der Waals surface area contributed by atoms with Gasteiger partial charge in [0.2, 0.25) is 0 Å². The smallest absolute Gasteiger partial charge is 0.261 e. The molecule has 0 aliphatic carbocycles. The lowest BCUT2D eigenvalue weighted by Crippen LogP contribution is -2.37. The Kier molecular flexibility index (Phi) is 8.05. The van der Waals surface area contributed by atoms with E-state index in [-0.39, 0.29) is 34.3 Å². The van der Waals surface area contributed by atoms with Gasteiger partial charge < -0.3 is 4.90 Å². The number of carbonyl (C=O) groups excluding carboxylic acids is 1. The van der Waals surface area contributed by atoms with E-state index in [0.29, 0.717) is 21.9 Å². The minimum Gasteiger partial charge on any atom is -0.308 e. The van der Waals surface area contributed by atoms with Crippen LogP contribution in [0.1, 0.15) is 10.4 Å². The van der Waals surface area contributed by atoms with E-state index < -0.39 is 25.6 Å². The third-order valence-corrected chi connectivity index (χ3v) is 7.86. The average Bonchev–Trinajstić information content (AvgIpc) is 3.10. The van der Waals surface area contributed by atoms with Crippen molar-refractivity contribution in [2.45, 2.75) is 9.79 Å². The van der Waals surface area contributed by atoms with Crippen molar-refractivity contribution in [3.63, 3.8) is 0 Å². The first-order chi connectivity index (χ1) is 14.4. The van der Waals surface area contributed by atoms with E-state index in [1.165, 1.54) is 34.4 Å². The Balaban J connectivity index is 0.00000363. The number of fused-ring (bicyclic) bond motifs is 1. The number of aromatic nitrogens is 1. The third kappa shape index (κ3) is 5.65. The van der Waals surface area contributed by atoms with Gasteiger partial charge in [0.1, 0.15) is 5.52 Å². The molecule has 0 aliphatic rings. The molecule has 1 aromatic heterocycles. The van der Waals surface area contributed by atoms with Gasteiger partial charge in [-0.25, -0.2) is 21.8 Å². The highest BCUT2D eigenvalue weighted by Crippen LogP contribution is 2.33. The fraction of sp³-hybridized carbons (Fsp3) is 0.300. The van der Waals surface area contributed by atoms with Gasteiger partial charge in [0.05, 0.1) is 20.1 Å². The molecule has 0 aliphatic heterocycles. The molecule has 12 heteroatoms. The maximum absolute atomic E-state index is 13.5. The third-order valence-electron chi connectivity index (χ3n) is 4.53. The van der Waals surface area contributed by atoms with E-state index in [4.69, 9.17) is 0 Å². The van der Waals surface area contributed by atoms with Crippen molar-refractivity contribution in [1.29, 1.82) is 0 Å². The molecule has 0 bridgehead atoms. The lowest BCUT2D eigenvalue weighted by Gasteiger charge is -2.22. The van der Waals surface area contributed by atoms with Crippen molar-refractivity contribution in [2.24, 2.45) is 0 Å². The molecule has 8 nitrogen and oxygen atoms in total. The fourth-order valence-electron chi connectivity index (χ4n) is 3.02. The second-order valence-electron chi connectivity index (χ2n) is 7.40.